The molecule has 2 heterocycles. The number of fused-ring (bicyclic) bond motifs is 2. The van der Waals surface area contributed by atoms with Gasteiger partial charge in [0.2, 0.25) is 11.8 Å². The topological polar surface area (TPSA) is 167 Å². The van der Waals surface area contributed by atoms with E-state index in [1.165, 1.54) is 23.2 Å². The van der Waals surface area contributed by atoms with Crippen LogP contribution in [0.2, 0.25) is 0 Å². The molecule has 0 saturated carbocycles. The SMILES string of the molecule is Cc1ccc2cc1CCCNC(=O)CN(C(=O)c1csc([C@@H](N)CC(C)C)n1)C[C@@H](C)NC(=O)[C@H]([C@@H](C)O)NC2=O. The normalized spacial score (nSPS) is 21.0. The van der Waals surface area contributed by atoms with E-state index in [-0.39, 0.29) is 30.7 Å². The average molecular weight is 587 g/mol. The monoisotopic (exact) mass is 586 g/mol. The quantitative estimate of drug-likeness (QED) is 0.355. The molecule has 224 valence electrons. The van der Waals surface area contributed by atoms with Crippen LogP contribution in [0.25, 0.3) is 0 Å². The van der Waals surface area contributed by atoms with Crippen molar-refractivity contribution in [3.05, 3.63) is 51.0 Å². The second-order valence-electron chi connectivity index (χ2n) is 11.2. The maximum Gasteiger partial charge on any atom is 0.273 e. The highest BCUT2D eigenvalue weighted by molar-refractivity contribution is 7.09. The van der Waals surface area contributed by atoms with Crippen molar-refractivity contribution in [2.24, 2.45) is 11.7 Å². The summed E-state index contributed by atoms with van der Waals surface area (Å²) in [7, 11) is 0. The number of carbonyl (C=O) groups excluding carboxylic acids is 4. The van der Waals surface area contributed by atoms with E-state index in [9.17, 15) is 24.3 Å². The number of aliphatic hydroxyl groups excluding tert-OH is 1. The minimum Gasteiger partial charge on any atom is -0.391 e. The Hall–Kier alpha value is -3.35. The zero-order valence-corrected chi connectivity index (χ0v) is 25.2. The van der Waals surface area contributed by atoms with E-state index in [4.69, 9.17) is 5.73 Å². The summed E-state index contributed by atoms with van der Waals surface area (Å²) in [5.74, 6) is -1.51. The van der Waals surface area contributed by atoms with Crippen LogP contribution in [-0.2, 0) is 16.0 Å². The Morgan fingerprint density at radius 2 is 1.95 bits per heavy atom. The molecule has 4 amide bonds. The molecule has 3 rings (SSSR count). The van der Waals surface area contributed by atoms with Crippen LogP contribution in [-0.4, -0.2) is 76.4 Å². The van der Waals surface area contributed by atoms with Crippen LogP contribution in [0.15, 0.2) is 23.6 Å². The average Bonchev–Trinajstić information content (AvgIpc) is 3.39. The van der Waals surface area contributed by atoms with Crippen molar-refractivity contribution in [1.82, 2.24) is 25.8 Å². The van der Waals surface area contributed by atoms with E-state index in [2.05, 4.69) is 34.8 Å². The van der Waals surface area contributed by atoms with E-state index in [1.54, 1.807) is 24.4 Å². The van der Waals surface area contributed by atoms with Crippen LogP contribution in [0.5, 0.6) is 0 Å². The first-order valence-electron chi connectivity index (χ1n) is 14.0. The van der Waals surface area contributed by atoms with Gasteiger partial charge >= 0.3 is 0 Å². The lowest BCUT2D eigenvalue weighted by atomic mass is 10.00. The molecule has 0 radical (unpaired) electrons. The van der Waals surface area contributed by atoms with Gasteiger partial charge < -0.3 is 31.7 Å². The molecule has 1 aromatic carbocycles. The number of nitrogens with zero attached hydrogens (tertiary/aromatic N) is 2. The molecule has 0 aliphatic carbocycles. The Morgan fingerprint density at radius 1 is 1.22 bits per heavy atom. The molecule has 0 fully saturated rings. The van der Waals surface area contributed by atoms with Crippen LogP contribution >= 0.6 is 11.3 Å². The second-order valence-corrected chi connectivity index (χ2v) is 12.1. The first-order valence-corrected chi connectivity index (χ1v) is 14.9. The van der Waals surface area contributed by atoms with Crippen LogP contribution in [0, 0.1) is 12.8 Å². The smallest absolute Gasteiger partial charge is 0.273 e. The molecule has 0 spiro atoms. The third kappa shape index (κ3) is 9.07. The molecule has 0 unspecified atom stereocenters. The molecular weight excluding hydrogens is 544 g/mol. The van der Waals surface area contributed by atoms with Gasteiger partial charge in [0.25, 0.3) is 11.8 Å². The van der Waals surface area contributed by atoms with Gasteiger partial charge in [0, 0.05) is 30.1 Å². The fourth-order valence-electron chi connectivity index (χ4n) is 4.70. The van der Waals surface area contributed by atoms with Gasteiger partial charge in [0.1, 0.15) is 16.7 Å². The number of aliphatic hydroxyl groups is 1. The number of hydrogen-bond acceptors (Lipinski definition) is 8. The van der Waals surface area contributed by atoms with Gasteiger partial charge in [-0.15, -0.1) is 11.3 Å². The molecule has 6 N–H and O–H groups in total. The zero-order chi connectivity index (χ0) is 30.3. The largest absolute Gasteiger partial charge is 0.391 e. The predicted octanol–water partition coefficient (Wildman–Crippen LogP) is 1.69. The molecule has 1 aromatic heterocycles. The van der Waals surface area contributed by atoms with Crippen LogP contribution in [0.4, 0.5) is 0 Å². The minimum atomic E-state index is -1.22. The molecule has 2 aromatic rings. The van der Waals surface area contributed by atoms with E-state index < -0.39 is 35.9 Å². The van der Waals surface area contributed by atoms with Gasteiger partial charge in [-0.25, -0.2) is 4.98 Å². The van der Waals surface area contributed by atoms with Crippen molar-refractivity contribution < 1.29 is 24.3 Å². The molecule has 12 heteroatoms. The van der Waals surface area contributed by atoms with Crippen molar-refractivity contribution in [3.8, 4) is 0 Å². The van der Waals surface area contributed by atoms with Gasteiger partial charge in [-0.1, -0.05) is 19.9 Å². The number of aryl methyl sites for hydroxylation is 2. The molecule has 41 heavy (non-hydrogen) atoms. The number of amides is 4. The van der Waals surface area contributed by atoms with Crippen LogP contribution in [0.1, 0.15) is 83.6 Å². The lowest BCUT2D eigenvalue weighted by Gasteiger charge is -2.27. The van der Waals surface area contributed by atoms with E-state index >= 15 is 0 Å². The van der Waals surface area contributed by atoms with Gasteiger partial charge in [-0.3, -0.25) is 19.2 Å². The molecule has 0 saturated heterocycles. The van der Waals surface area contributed by atoms with Crippen molar-refractivity contribution in [2.45, 2.75) is 78.1 Å². The van der Waals surface area contributed by atoms with Crippen molar-refractivity contribution in [1.29, 1.82) is 0 Å². The van der Waals surface area contributed by atoms with E-state index in [1.807, 2.05) is 13.0 Å². The fraction of sp³-hybridized carbons (Fsp3) is 0.552. The highest BCUT2D eigenvalue weighted by atomic mass is 32.1. The summed E-state index contributed by atoms with van der Waals surface area (Å²) in [5, 5.41) is 20.9. The number of hydrogen-bond donors (Lipinski definition) is 5. The second kappa shape index (κ2) is 14.5. The number of rotatable bonds is 5. The number of thiazole rings is 1. The van der Waals surface area contributed by atoms with Crippen molar-refractivity contribution in [2.75, 3.05) is 19.6 Å². The van der Waals surface area contributed by atoms with Gasteiger partial charge in [-0.2, -0.15) is 0 Å². The molecule has 2 bridgehead atoms. The summed E-state index contributed by atoms with van der Waals surface area (Å²) in [6.07, 6.45) is 0.790. The van der Waals surface area contributed by atoms with Crippen LogP contribution in [0.3, 0.4) is 0 Å². The lowest BCUT2D eigenvalue weighted by Crippen LogP contribution is -2.56. The minimum absolute atomic E-state index is 0.00332. The highest BCUT2D eigenvalue weighted by Gasteiger charge is 2.29. The number of carbonyl (C=O) groups is 4. The first kappa shape index (κ1) is 32.2. The van der Waals surface area contributed by atoms with Crippen LogP contribution < -0.4 is 21.7 Å². The summed E-state index contributed by atoms with van der Waals surface area (Å²) in [6.45, 7) is 9.33. The lowest BCUT2D eigenvalue weighted by molar-refractivity contribution is -0.126. The fourth-order valence-corrected chi connectivity index (χ4v) is 5.51. The Kier molecular flexibility index (Phi) is 11.4. The maximum atomic E-state index is 13.5. The maximum absolute atomic E-state index is 13.5. The Morgan fingerprint density at radius 3 is 2.63 bits per heavy atom. The summed E-state index contributed by atoms with van der Waals surface area (Å²) in [6, 6.07) is 3.14. The van der Waals surface area contributed by atoms with Gasteiger partial charge in [0.05, 0.1) is 18.7 Å². The predicted molar refractivity (Wildman–Crippen MR) is 157 cm³/mol. The molecule has 1 aliphatic heterocycles. The number of nitrogens with two attached hydrogens (primary N) is 1. The molecule has 11 nitrogen and oxygen atoms in total. The summed E-state index contributed by atoms with van der Waals surface area (Å²) in [4.78, 5) is 58.3. The van der Waals surface area contributed by atoms with Crippen molar-refractivity contribution in [3.63, 3.8) is 0 Å². The zero-order valence-electron chi connectivity index (χ0n) is 24.4. The third-order valence-electron chi connectivity index (χ3n) is 6.90. The molecule has 1 aliphatic rings. The number of aromatic nitrogens is 1. The third-order valence-corrected chi connectivity index (χ3v) is 7.87. The Balaban J connectivity index is 1.85. The van der Waals surface area contributed by atoms with Gasteiger partial charge in [-0.05, 0) is 69.2 Å². The molecular formula is C29H42N6O5S. The van der Waals surface area contributed by atoms with E-state index in [0.717, 1.165) is 17.5 Å². The Bertz CT molecular complexity index is 1250. The Labute approximate surface area is 245 Å². The number of benzene rings is 1. The summed E-state index contributed by atoms with van der Waals surface area (Å²) >= 11 is 1.30. The van der Waals surface area contributed by atoms with E-state index in [0.29, 0.717) is 35.9 Å². The summed E-state index contributed by atoms with van der Waals surface area (Å²) in [5.41, 5.74) is 8.76. The first-order chi connectivity index (χ1) is 19.3. The van der Waals surface area contributed by atoms with Gasteiger partial charge in [0.15, 0.2) is 0 Å². The highest BCUT2D eigenvalue weighted by Crippen LogP contribution is 2.23. The molecule has 4 atom stereocenters. The standard InChI is InChI=1S/C29H42N6O5S/c1-16(2)11-22(30)28-33-23(15-41-28)29(40)35-13-18(4)32-27(39)25(19(5)36)34-26(38)21-9-8-17(3)20(12-21)7-6-10-31-24(37)14-35/h8-9,12,15-16,18-19,22,25,36H,6-7,10-11,13-14,30H2,1-5H3,(H,31,37)(H,32,39)(H,34,38)/t18-,19-,22+,25+/m1/s1. The number of nitrogens with one attached hydrogen (secondary N) is 3. The van der Waals surface area contributed by atoms with Crippen molar-refractivity contribution >= 4 is 35.0 Å². The summed E-state index contributed by atoms with van der Waals surface area (Å²) < 4.78 is 0.